The van der Waals surface area contributed by atoms with Crippen LogP contribution >= 0.6 is 0 Å². The maximum absolute atomic E-state index is 12.6. The predicted octanol–water partition coefficient (Wildman–Crippen LogP) is 3.44. The summed E-state index contributed by atoms with van der Waals surface area (Å²) in [4.78, 5) is 14.5. The molecule has 26 heavy (non-hydrogen) atoms. The first kappa shape index (κ1) is 18.2. The number of sulfonamides is 1. The van der Waals surface area contributed by atoms with E-state index in [0.717, 1.165) is 31.2 Å². The van der Waals surface area contributed by atoms with Crippen LogP contribution < -0.4 is 4.72 Å². The quantitative estimate of drug-likeness (QED) is 0.820. The monoisotopic (exact) mass is 370 g/mol. The van der Waals surface area contributed by atoms with Gasteiger partial charge in [0.2, 0.25) is 15.9 Å². The first-order valence-corrected chi connectivity index (χ1v) is 10.4. The molecule has 2 aromatic carbocycles. The van der Waals surface area contributed by atoms with Gasteiger partial charge in [-0.3, -0.25) is 9.52 Å². The van der Waals surface area contributed by atoms with E-state index in [4.69, 9.17) is 0 Å². The van der Waals surface area contributed by atoms with Crippen molar-refractivity contribution in [3.05, 3.63) is 71.8 Å². The summed E-state index contributed by atoms with van der Waals surface area (Å²) in [6.45, 7) is 0.764. The van der Waals surface area contributed by atoms with Crippen molar-refractivity contribution in [1.29, 1.82) is 0 Å². The van der Waals surface area contributed by atoms with Gasteiger partial charge in [-0.25, -0.2) is 8.42 Å². The largest absolute Gasteiger partial charge is 0.332 e. The van der Waals surface area contributed by atoms with Crippen molar-refractivity contribution in [2.75, 3.05) is 17.5 Å². The first-order chi connectivity index (χ1) is 12.4. The number of rotatable bonds is 5. The van der Waals surface area contributed by atoms with Crippen LogP contribution in [-0.2, 0) is 14.8 Å². The third kappa shape index (κ3) is 4.73. The van der Waals surface area contributed by atoms with Gasteiger partial charge in [0.15, 0.2) is 0 Å². The lowest BCUT2D eigenvalue weighted by atomic mass is 10.0. The third-order valence-electron chi connectivity index (χ3n) is 4.35. The van der Waals surface area contributed by atoms with E-state index in [9.17, 15) is 13.2 Å². The van der Waals surface area contributed by atoms with Crippen LogP contribution in [0, 0.1) is 0 Å². The highest BCUT2D eigenvalue weighted by molar-refractivity contribution is 7.92. The summed E-state index contributed by atoms with van der Waals surface area (Å²) in [6, 6.07) is 17.1. The summed E-state index contributed by atoms with van der Waals surface area (Å²) in [6.07, 6.45) is 6.44. The Bertz CT molecular complexity index is 890. The van der Waals surface area contributed by atoms with Crippen molar-refractivity contribution in [3.63, 3.8) is 0 Å². The van der Waals surface area contributed by atoms with Gasteiger partial charge in [0.05, 0.1) is 12.3 Å². The molecule has 6 heteroatoms. The van der Waals surface area contributed by atoms with Crippen molar-refractivity contribution in [2.45, 2.75) is 18.9 Å². The molecular formula is C20H22N2O3S. The number of hydrogen-bond acceptors (Lipinski definition) is 3. The van der Waals surface area contributed by atoms with Crippen LogP contribution in [-0.4, -0.2) is 32.0 Å². The van der Waals surface area contributed by atoms with Gasteiger partial charge in [-0.05, 0) is 42.2 Å². The molecule has 0 aromatic heterocycles. The van der Waals surface area contributed by atoms with Crippen molar-refractivity contribution in [2.24, 2.45) is 0 Å². The molecule has 1 aliphatic heterocycles. The van der Waals surface area contributed by atoms with Crippen molar-refractivity contribution in [1.82, 2.24) is 4.90 Å². The fourth-order valence-corrected chi connectivity index (χ4v) is 3.76. The first-order valence-electron chi connectivity index (χ1n) is 8.54. The molecule has 2 aromatic rings. The van der Waals surface area contributed by atoms with Gasteiger partial charge in [0.25, 0.3) is 0 Å². The van der Waals surface area contributed by atoms with E-state index in [1.54, 1.807) is 36.4 Å². The van der Waals surface area contributed by atoms with Gasteiger partial charge < -0.3 is 4.90 Å². The van der Waals surface area contributed by atoms with E-state index in [1.165, 1.54) is 5.56 Å². The van der Waals surface area contributed by atoms with Crippen molar-refractivity contribution < 1.29 is 13.2 Å². The number of benzene rings is 2. The molecule has 1 heterocycles. The number of hydrogen-bond donors (Lipinski definition) is 1. The van der Waals surface area contributed by atoms with E-state index >= 15 is 0 Å². The van der Waals surface area contributed by atoms with E-state index in [-0.39, 0.29) is 11.9 Å². The average molecular weight is 370 g/mol. The summed E-state index contributed by atoms with van der Waals surface area (Å²) in [5, 5.41) is 0. The van der Waals surface area contributed by atoms with E-state index in [1.807, 2.05) is 23.1 Å². The Labute approximate surface area is 154 Å². The van der Waals surface area contributed by atoms with Gasteiger partial charge in [-0.1, -0.05) is 42.5 Å². The zero-order valence-corrected chi connectivity index (χ0v) is 15.4. The molecule has 1 unspecified atom stereocenters. The van der Waals surface area contributed by atoms with E-state index in [2.05, 4.69) is 16.9 Å². The fraction of sp³-hybridized carbons (Fsp3) is 0.250. The Hall–Kier alpha value is -2.60. The van der Waals surface area contributed by atoms with Crippen LogP contribution in [0.4, 0.5) is 5.69 Å². The standard InChI is InChI=1S/C20H22N2O3S/c1-26(24,25)21-18-12-9-16(10-13-18)11-14-20(23)22-15-5-8-19(22)17-6-3-2-4-7-17/h2-4,6-7,9-14,19,21H,5,8,15H2,1H3/b14-11+. The number of amides is 1. The Morgan fingerprint density at radius 3 is 2.46 bits per heavy atom. The Kier molecular flexibility index (Phi) is 5.42. The molecule has 1 saturated heterocycles. The summed E-state index contributed by atoms with van der Waals surface area (Å²) in [7, 11) is -3.29. The highest BCUT2D eigenvalue weighted by Crippen LogP contribution is 2.31. The number of carbonyl (C=O) groups excluding carboxylic acids is 1. The second kappa shape index (κ2) is 7.74. The zero-order valence-electron chi connectivity index (χ0n) is 14.6. The molecule has 5 nitrogen and oxygen atoms in total. The number of nitrogens with one attached hydrogen (secondary N) is 1. The van der Waals surface area contributed by atoms with Crippen LogP contribution in [0.25, 0.3) is 6.08 Å². The van der Waals surface area contributed by atoms with E-state index < -0.39 is 10.0 Å². The summed E-state index contributed by atoms with van der Waals surface area (Å²) in [5.41, 5.74) is 2.51. The van der Waals surface area contributed by atoms with Gasteiger partial charge >= 0.3 is 0 Å². The second-order valence-corrected chi connectivity index (χ2v) is 8.18. The molecule has 0 saturated carbocycles. The SMILES string of the molecule is CS(=O)(=O)Nc1ccc(/C=C/C(=O)N2CCCC2c2ccccc2)cc1. The highest BCUT2D eigenvalue weighted by Gasteiger charge is 2.28. The molecule has 136 valence electrons. The summed E-state index contributed by atoms with van der Waals surface area (Å²) in [5.74, 6) is -0.00492. The van der Waals surface area contributed by atoms with Gasteiger partial charge in [0, 0.05) is 18.3 Å². The summed E-state index contributed by atoms with van der Waals surface area (Å²) >= 11 is 0. The Morgan fingerprint density at radius 2 is 1.81 bits per heavy atom. The number of nitrogens with zero attached hydrogens (tertiary/aromatic N) is 1. The maximum atomic E-state index is 12.6. The van der Waals surface area contributed by atoms with Crippen molar-refractivity contribution in [3.8, 4) is 0 Å². The summed E-state index contributed by atoms with van der Waals surface area (Å²) < 4.78 is 24.9. The molecule has 1 amide bonds. The van der Waals surface area contributed by atoms with Crippen LogP contribution in [0.5, 0.6) is 0 Å². The van der Waals surface area contributed by atoms with Crippen LogP contribution in [0.3, 0.4) is 0 Å². The predicted molar refractivity (Wildman–Crippen MR) is 104 cm³/mol. The lowest BCUT2D eigenvalue weighted by Gasteiger charge is -2.23. The molecule has 0 bridgehead atoms. The van der Waals surface area contributed by atoms with Crippen LogP contribution in [0.15, 0.2) is 60.7 Å². The fourth-order valence-electron chi connectivity index (χ4n) is 3.19. The number of carbonyl (C=O) groups is 1. The highest BCUT2D eigenvalue weighted by atomic mass is 32.2. The molecule has 1 N–H and O–H groups in total. The smallest absolute Gasteiger partial charge is 0.247 e. The number of anilines is 1. The molecular weight excluding hydrogens is 348 g/mol. The molecule has 0 radical (unpaired) electrons. The minimum absolute atomic E-state index is 0.00492. The third-order valence-corrected chi connectivity index (χ3v) is 4.96. The molecule has 0 spiro atoms. The minimum Gasteiger partial charge on any atom is -0.332 e. The second-order valence-electron chi connectivity index (χ2n) is 6.43. The normalized spacial score (nSPS) is 17.6. The van der Waals surface area contributed by atoms with Gasteiger partial charge in [0.1, 0.15) is 0 Å². The topological polar surface area (TPSA) is 66.5 Å². The molecule has 0 aliphatic carbocycles. The maximum Gasteiger partial charge on any atom is 0.247 e. The van der Waals surface area contributed by atoms with Gasteiger partial charge in [-0.15, -0.1) is 0 Å². The Morgan fingerprint density at radius 1 is 1.12 bits per heavy atom. The molecule has 1 aliphatic rings. The lowest BCUT2D eigenvalue weighted by molar-refractivity contribution is -0.126. The minimum atomic E-state index is -3.29. The van der Waals surface area contributed by atoms with Gasteiger partial charge in [-0.2, -0.15) is 0 Å². The number of likely N-dealkylation sites (tertiary alicyclic amines) is 1. The van der Waals surface area contributed by atoms with E-state index in [0.29, 0.717) is 5.69 Å². The van der Waals surface area contributed by atoms with Crippen LogP contribution in [0.2, 0.25) is 0 Å². The van der Waals surface area contributed by atoms with Crippen LogP contribution in [0.1, 0.15) is 30.0 Å². The Balaban J connectivity index is 1.67. The lowest BCUT2D eigenvalue weighted by Crippen LogP contribution is -2.28. The zero-order chi connectivity index (χ0) is 18.6. The molecule has 1 fully saturated rings. The average Bonchev–Trinajstić information content (AvgIpc) is 3.10. The van der Waals surface area contributed by atoms with Crippen molar-refractivity contribution >= 4 is 27.7 Å². The molecule has 1 atom stereocenters. The molecule has 3 rings (SSSR count).